The maximum absolute atomic E-state index is 13.0. The van der Waals surface area contributed by atoms with E-state index in [0.717, 1.165) is 16.7 Å². The molecule has 2 aromatic carbocycles. The van der Waals surface area contributed by atoms with Crippen LogP contribution >= 0.6 is 0 Å². The lowest BCUT2D eigenvalue weighted by Crippen LogP contribution is -2.25. The van der Waals surface area contributed by atoms with Gasteiger partial charge in [0.2, 0.25) is 0 Å². The third kappa shape index (κ3) is 4.23. The molecule has 1 N–H and O–H groups in total. The van der Waals surface area contributed by atoms with Crippen molar-refractivity contribution in [3.63, 3.8) is 0 Å². The highest BCUT2D eigenvalue weighted by Gasteiger charge is 2.19. The number of nitrogens with one attached hydrogen (secondary N) is 1. The number of benzene rings is 2. The number of furan rings is 1. The number of hydrogen-bond donors (Lipinski definition) is 1. The average Bonchev–Trinajstić information content (AvgIpc) is 3.44. The molecular formula is C23H20N4O4. The predicted molar refractivity (Wildman–Crippen MR) is 115 cm³/mol. The van der Waals surface area contributed by atoms with Gasteiger partial charge in [-0.1, -0.05) is 18.2 Å². The summed E-state index contributed by atoms with van der Waals surface area (Å²) in [6.07, 6.45) is 1.53. The van der Waals surface area contributed by atoms with E-state index < -0.39 is 4.92 Å². The van der Waals surface area contributed by atoms with Crippen LogP contribution in [-0.2, 0) is 6.54 Å². The van der Waals surface area contributed by atoms with Gasteiger partial charge in [0.1, 0.15) is 11.5 Å². The molecule has 0 saturated carbocycles. The summed E-state index contributed by atoms with van der Waals surface area (Å²) in [6, 6.07) is 17.1. The Kier molecular flexibility index (Phi) is 5.36. The number of nitro benzene ring substituents is 1. The Morgan fingerprint density at radius 2 is 1.94 bits per heavy atom. The van der Waals surface area contributed by atoms with Crippen molar-refractivity contribution in [2.75, 3.05) is 0 Å². The van der Waals surface area contributed by atoms with E-state index in [4.69, 9.17) is 4.42 Å². The van der Waals surface area contributed by atoms with E-state index in [0.29, 0.717) is 17.1 Å². The minimum Gasteiger partial charge on any atom is -0.467 e. The third-order valence-corrected chi connectivity index (χ3v) is 5.03. The topological polar surface area (TPSA) is 103 Å². The number of carbonyl (C=O) groups is 1. The lowest BCUT2D eigenvalue weighted by atomic mass is 10.0. The maximum Gasteiger partial charge on any atom is 0.271 e. The Morgan fingerprint density at radius 1 is 1.10 bits per heavy atom. The summed E-state index contributed by atoms with van der Waals surface area (Å²) in [5.74, 6) is 0.245. The molecular weight excluding hydrogens is 396 g/mol. The summed E-state index contributed by atoms with van der Waals surface area (Å²) >= 11 is 0. The zero-order valence-corrected chi connectivity index (χ0v) is 17.0. The van der Waals surface area contributed by atoms with Crippen LogP contribution in [0.3, 0.4) is 0 Å². The van der Waals surface area contributed by atoms with Crippen LogP contribution in [0.4, 0.5) is 5.69 Å². The van der Waals surface area contributed by atoms with Gasteiger partial charge in [-0.3, -0.25) is 14.9 Å². The molecule has 0 aliphatic carbocycles. The van der Waals surface area contributed by atoms with Crippen molar-refractivity contribution in [3.8, 4) is 16.9 Å². The fourth-order valence-corrected chi connectivity index (χ4v) is 3.19. The van der Waals surface area contributed by atoms with Gasteiger partial charge < -0.3 is 9.73 Å². The number of nitrogens with zero attached hydrogens (tertiary/aromatic N) is 3. The summed E-state index contributed by atoms with van der Waals surface area (Å²) in [7, 11) is 0. The number of amides is 1. The van der Waals surface area contributed by atoms with Gasteiger partial charge >= 0.3 is 0 Å². The van der Waals surface area contributed by atoms with Gasteiger partial charge in [-0.15, -0.1) is 0 Å². The maximum atomic E-state index is 13.0. The van der Waals surface area contributed by atoms with E-state index in [1.807, 2.05) is 32.0 Å². The van der Waals surface area contributed by atoms with E-state index >= 15 is 0 Å². The molecule has 8 heteroatoms. The smallest absolute Gasteiger partial charge is 0.271 e. The zero-order valence-electron chi connectivity index (χ0n) is 17.0. The number of aryl methyl sites for hydroxylation is 2. The molecule has 8 nitrogen and oxygen atoms in total. The Hall–Kier alpha value is -4.20. The molecule has 0 radical (unpaired) electrons. The van der Waals surface area contributed by atoms with E-state index in [1.54, 1.807) is 30.3 Å². The third-order valence-electron chi connectivity index (χ3n) is 5.03. The van der Waals surface area contributed by atoms with Gasteiger partial charge in [0.05, 0.1) is 29.1 Å². The summed E-state index contributed by atoms with van der Waals surface area (Å²) in [6.45, 7) is 4.24. The van der Waals surface area contributed by atoms with Crippen LogP contribution in [0, 0.1) is 24.0 Å². The van der Waals surface area contributed by atoms with Crippen molar-refractivity contribution in [1.29, 1.82) is 0 Å². The molecule has 2 aromatic heterocycles. The quantitative estimate of drug-likeness (QED) is 0.366. The van der Waals surface area contributed by atoms with Gasteiger partial charge in [0.15, 0.2) is 0 Å². The summed E-state index contributed by atoms with van der Waals surface area (Å²) in [5, 5.41) is 18.6. The molecule has 4 rings (SSSR count). The van der Waals surface area contributed by atoms with E-state index in [2.05, 4.69) is 10.4 Å². The van der Waals surface area contributed by atoms with E-state index in [9.17, 15) is 14.9 Å². The molecule has 0 fully saturated rings. The molecule has 4 aromatic rings. The summed E-state index contributed by atoms with van der Waals surface area (Å²) in [4.78, 5) is 23.7. The fourth-order valence-electron chi connectivity index (χ4n) is 3.19. The SMILES string of the molecule is Cc1ccc(-c2cc(C(=O)NCc3ccco3)n(-c3cccc([N+](=O)[O-])c3)n2)cc1C. The molecule has 0 aliphatic heterocycles. The second-order valence-electron chi connectivity index (χ2n) is 7.16. The van der Waals surface area contributed by atoms with Crippen molar-refractivity contribution < 1.29 is 14.1 Å². The van der Waals surface area contributed by atoms with Crippen LogP contribution < -0.4 is 5.32 Å². The van der Waals surface area contributed by atoms with Gasteiger partial charge in [-0.05, 0) is 55.3 Å². The van der Waals surface area contributed by atoms with Gasteiger partial charge in [-0.2, -0.15) is 5.10 Å². The first kappa shape index (κ1) is 20.1. The largest absolute Gasteiger partial charge is 0.467 e. The lowest BCUT2D eigenvalue weighted by Gasteiger charge is -2.07. The number of non-ortho nitro benzene ring substituents is 1. The molecule has 2 heterocycles. The Balaban J connectivity index is 1.76. The number of nitro groups is 1. The first-order valence-corrected chi connectivity index (χ1v) is 9.65. The van der Waals surface area contributed by atoms with Crippen molar-refractivity contribution >= 4 is 11.6 Å². The normalized spacial score (nSPS) is 10.8. The summed E-state index contributed by atoms with van der Waals surface area (Å²) < 4.78 is 6.69. The first-order chi connectivity index (χ1) is 14.9. The monoisotopic (exact) mass is 416 g/mol. The van der Waals surface area contributed by atoms with E-state index in [1.165, 1.54) is 23.1 Å². The van der Waals surface area contributed by atoms with Crippen LogP contribution in [-0.4, -0.2) is 20.6 Å². The van der Waals surface area contributed by atoms with Crippen molar-refractivity contribution in [2.24, 2.45) is 0 Å². The fraction of sp³-hybridized carbons (Fsp3) is 0.130. The van der Waals surface area contributed by atoms with Crippen LogP contribution in [0.1, 0.15) is 27.4 Å². The zero-order chi connectivity index (χ0) is 22.0. The molecule has 0 aliphatic rings. The minimum atomic E-state index is -0.478. The van der Waals surface area contributed by atoms with Crippen LogP contribution in [0.25, 0.3) is 16.9 Å². The Bertz CT molecular complexity index is 1260. The Morgan fingerprint density at radius 3 is 2.65 bits per heavy atom. The van der Waals surface area contributed by atoms with Gasteiger partial charge in [-0.25, -0.2) is 4.68 Å². The minimum absolute atomic E-state index is 0.0809. The second kappa shape index (κ2) is 8.27. The lowest BCUT2D eigenvalue weighted by molar-refractivity contribution is -0.384. The van der Waals surface area contributed by atoms with Crippen molar-refractivity contribution in [3.05, 3.63) is 99.6 Å². The molecule has 0 atom stereocenters. The van der Waals surface area contributed by atoms with Crippen LogP contribution in [0.2, 0.25) is 0 Å². The molecule has 0 saturated heterocycles. The molecule has 31 heavy (non-hydrogen) atoms. The molecule has 1 amide bonds. The highest BCUT2D eigenvalue weighted by molar-refractivity contribution is 5.94. The predicted octanol–water partition coefficient (Wildman–Crippen LogP) is 4.59. The first-order valence-electron chi connectivity index (χ1n) is 9.65. The van der Waals surface area contributed by atoms with Gasteiger partial charge in [0, 0.05) is 17.7 Å². The number of hydrogen-bond acceptors (Lipinski definition) is 5. The van der Waals surface area contributed by atoms with Crippen LogP contribution in [0.5, 0.6) is 0 Å². The molecule has 156 valence electrons. The van der Waals surface area contributed by atoms with Gasteiger partial charge in [0.25, 0.3) is 11.6 Å². The second-order valence-corrected chi connectivity index (χ2v) is 7.16. The highest BCUT2D eigenvalue weighted by Crippen LogP contribution is 2.25. The Labute approximate surface area is 178 Å². The van der Waals surface area contributed by atoms with Crippen LogP contribution in [0.15, 0.2) is 71.3 Å². The molecule has 0 unspecified atom stereocenters. The average molecular weight is 416 g/mol. The number of aromatic nitrogens is 2. The van der Waals surface area contributed by atoms with Crippen molar-refractivity contribution in [2.45, 2.75) is 20.4 Å². The van der Waals surface area contributed by atoms with E-state index in [-0.39, 0.29) is 23.8 Å². The molecule has 0 spiro atoms. The highest BCUT2D eigenvalue weighted by atomic mass is 16.6. The number of carbonyl (C=O) groups excluding carboxylic acids is 1. The standard InChI is InChI=1S/C23H20N4O4/c1-15-8-9-17(11-16(15)2)21-13-22(23(28)24-14-20-7-4-10-31-20)26(25-21)18-5-3-6-19(12-18)27(29)30/h3-13H,14H2,1-2H3,(H,24,28). The number of rotatable bonds is 6. The molecule has 0 bridgehead atoms. The summed E-state index contributed by atoms with van der Waals surface area (Å²) in [5.41, 5.74) is 4.31. The van der Waals surface area contributed by atoms with Crippen molar-refractivity contribution in [1.82, 2.24) is 15.1 Å².